The molecule has 0 atom stereocenters. The third-order valence-corrected chi connectivity index (χ3v) is 4.68. The average molecular weight is 409 g/mol. The number of cyclic esters (lactones) is 1. The minimum atomic E-state index is -0.425. The van der Waals surface area contributed by atoms with E-state index in [4.69, 9.17) is 32.7 Å². The number of hydrogen-bond acceptors (Lipinski definition) is 3. The van der Waals surface area contributed by atoms with Crippen molar-refractivity contribution in [3.63, 3.8) is 0 Å². The van der Waals surface area contributed by atoms with Gasteiger partial charge in [0, 0.05) is 15.6 Å². The molecule has 3 nitrogen and oxygen atoms in total. The molecule has 0 saturated heterocycles. The van der Waals surface area contributed by atoms with Crippen LogP contribution in [-0.2, 0) is 9.53 Å². The number of rotatable bonds is 4. The van der Waals surface area contributed by atoms with Crippen molar-refractivity contribution in [2.45, 2.75) is 0 Å². The highest BCUT2D eigenvalue weighted by Gasteiger charge is 2.22. The van der Waals surface area contributed by atoms with Gasteiger partial charge in [0.15, 0.2) is 0 Å². The van der Waals surface area contributed by atoms with Crippen LogP contribution in [0.25, 0.3) is 11.8 Å². The van der Waals surface area contributed by atoms with Crippen molar-refractivity contribution in [2.75, 3.05) is 0 Å². The molecule has 0 spiro atoms. The van der Waals surface area contributed by atoms with Gasteiger partial charge in [0.1, 0.15) is 17.3 Å². The molecule has 4 rings (SSSR count). The summed E-state index contributed by atoms with van der Waals surface area (Å²) < 4.78 is 11.2. The zero-order valence-corrected chi connectivity index (χ0v) is 16.1. The van der Waals surface area contributed by atoms with Crippen molar-refractivity contribution in [1.29, 1.82) is 0 Å². The van der Waals surface area contributed by atoms with Crippen molar-refractivity contribution >= 4 is 41.0 Å². The fraction of sp³-hybridized carbons (Fsp3) is 0. The number of ether oxygens (including phenoxy) is 2. The minimum Gasteiger partial charge on any atom is -0.457 e. The van der Waals surface area contributed by atoms with Crippen LogP contribution in [0, 0.1) is 0 Å². The molecule has 0 saturated carbocycles. The zero-order valence-electron chi connectivity index (χ0n) is 14.6. The first-order valence-corrected chi connectivity index (χ1v) is 9.28. The standard InChI is InChI=1S/C23H14Cl2O3/c24-18-9-6-16(21(25)14-18)12-17-13-22(28-23(17)26)15-7-10-20(11-8-15)27-19-4-2-1-3-5-19/h1-14H/b17-12+. The monoisotopic (exact) mass is 408 g/mol. The maximum atomic E-state index is 12.2. The molecule has 0 N–H and O–H groups in total. The van der Waals surface area contributed by atoms with Gasteiger partial charge in [-0.3, -0.25) is 0 Å². The summed E-state index contributed by atoms with van der Waals surface area (Å²) in [5.74, 6) is 1.51. The smallest absolute Gasteiger partial charge is 0.343 e. The van der Waals surface area contributed by atoms with E-state index in [2.05, 4.69) is 0 Å². The second kappa shape index (κ2) is 7.93. The Morgan fingerprint density at radius 2 is 1.57 bits per heavy atom. The lowest BCUT2D eigenvalue weighted by Crippen LogP contribution is -1.97. The van der Waals surface area contributed by atoms with E-state index in [-0.39, 0.29) is 0 Å². The first-order chi connectivity index (χ1) is 13.6. The molecular formula is C23H14Cl2O3. The summed E-state index contributed by atoms with van der Waals surface area (Å²) in [6, 6.07) is 22.0. The number of carbonyl (C=O) groups excluding carboxylic acids is 1. The Bertz CT molecular complexity index is 1080. The minimum absolute atomic E-state index is 0.420. The van der Waals surface area contributed by atoms with Gasteiger partial charge in [-0.25, -0.2) is 4.79 Å². The Labute approximate surface area is 172 Å². The Morgan fingerprint density at radius 3 is 2.29 bits per heavy atom. The van der Waals surface area contributed by atoms with Crippen molar-refractivity contribution in [3.05, 3.63) is 106 Å². The highest BCUT2D eigenvalue weighted by atomic mass is 35.5. The summed E-state index contributed by atoms with van der Waals surface area (Å²) in [4.78, 5) is 12.2. The number of hydrogen-bond donors (Lipinski definition) is 0. The zero-order chi connectivity index (χ0) is 19.5. The summed E-state index contributed by atoms with van der Waals surface area (Å²) in [5.41, 5.74) is 1.89. The predicted molar refractivity (Wildman–Crippen MR) is 111 cm³/mol. The third-order valence-electron chi connectivity index (χ3n) is 4.12. The van der Waals surface area contributed by atoms with E-state index in [9.17, 15) is 4.79 Å². The van der Waals surface area contributed by atoms with Crippen LogP contribution in [0.2, 0.25) is 10.0 Å². The Kier molecular flexibility index (Phi) is 5.20. The maximum Gasteiger partial charge on any atom is 0.343 e. The van der Waals surface area contributed by atoms with Gasteiger partial charge < -0.3 is 9.47 Å². The van der Waals surface area contributed by atoms with Crippen LogP contribution in [0.4, 0.5) is 0 Å². The molecule has 5 heteroatoms. The largest absolute Gasteiger partial charge is 0.457 e. The van der Waals surface area contributed by atoms with Crippen LogP contribution in [0.1, 0.15) is 11.1 Å². The summed E-state index contributed by atoms with van der Waals surface area (Å²) in [5, 5.41) is 1.01. The third kappa shape index (κ3) is 4.11. The molecule has 0 radical (unpaired) electrons. The van der Waals surface area contributed by atoms with Gasteiger partial charge in [0.25, 0.3) is 0 Å². The summed E-state index contributed by atoms with van der Waals surface area (Å²) in [6.45, 7) is 0. The molecule has 138 valence electrons. The van der Waals surface area contributed by atoms with Crippen LogP contribution >= 0.6 is 23.2 Å². The van der Waals surface area contributed by atoms with E-state index < -0.39 is 5.97 Å². The van der Waals surface area contributed by atoms with Crippen LogP contribution in [0.3, 0.4) is 0 Å². The topological polar surface area (TPSA) is 35.5 Å². The highest BCUT2D eigenvalue weighted by Crippen LogP contribution is 2.31. The summed E-state index contributed by atoms with van der Waals surface area (Å²) >= 11 is 12.1. The summed E-state index contributed by atoms with van der Waals surface area (Å²) in [6.07, 6.45) is 3.38. The molecule has 1 heterocycles. The van der Waals surface area contributed by atoms with Crippen molar-refractivity contribution in [2.24, 2.45) is 0 Å². The maximum absolute atomic E-state index is 12.2. The molecule has 1 aliphatic heterocycles. The number of carbonyl (C=O) groups is 1. The molecule has 3 aromatic rings. The SMILES string of the molecule is O=C1OC(c2ccc(Oc3ccccc3)cc2)=C/C1=C\c1ccc(Cl)cc1Cl. The predicted octanol–water partition coefficient (Wildman–Crippen LogP) is 6.77. The number of benzene rings is 3. The number of halogens is 2. The molecule has 0 bridgehead atoms. The molecule has 28 heavy (non-hydrogen) atoms. The van der Waals surface area contributed by atoms with E-state index in [1.807, 2.05) is 54.6 Å². The van der Waals surface area contributed by atoms with Crippen LogP contribution in [0.5, 0.6) is 11.5 Å². The molecule has 0 aliphatic carbocycles. The molecule has 0 fully saturated rings. The first kappa shape index (κ1) is 18.4. The lowest BCUT2D eigenvalue weighted by atomic mass is 10.1. The van der Waals surface area contributed by atoms with Gasteiger partial charge in [-0.1, -0.05) is 47.5 Å². The van der Waals surface area contributed by atoms with Crippen molar-refractivity contribution in [1.82, 2.24) is 0 Å². The van der Waals surface area contributed by atoms with E-state index >= 15 is 0 Å². The van der Waals surface area contributed by atoms with Gasteiger partial charge in [0.2, 0.25) is 0 Å². The van der Waals surface area contributed by atoms with Crippen molar-refractivity contribution in [3.8, 4) is 11.5 Å². The van der Waals surface area contributed by atoms with Gasteiger partial charge in [-0.2, -0.15) is 0 Å². The summed E-state index contributed by atoms with van der Waals surface area (Å²) in [7, 11) is 0. The van der Waals surface area contributed by atoms with Crippen LogP contribution in [-0.4, -0.2) is 5.97 Å². The second-order valence-corrected chi connectivity index (χ2v) is 6.95. The number of esters is 1. The molecule has 3 aromatic carbocycles. The fourth-order valence-corrected chi connectivity index (χ4v) is 3.19. The van der Waals surface area contributed by atoms with Crippen molar-refractivity contribution < 1.29 is 14.3 Å². The van der Waals surface area contributed by atoms with E-state index in [1.54, 1.807) is 30.4 Å². The highest BCUT2D eigenvalue weighted by molar-refractivity contribution is 6.35. The van der Waals surface area contributed by atoms with E-state index in [0.717, 1.165) is 11.3 Å². The fourth-order valence-electron chi connectivity index (χ4n) is 2.73. The van der Waals surface area contributed by atoms with Gasteiger partial charge in [-0.15, -0.1) is 0 Å². The molecule has 1 aliphatic rings. The lowest BCUT2D eigenvalue weighted by Gasteiger charge is -2.06. The van der Waals surface area contributed by atoms with Gasteiger partial charge in [0.05, 0.1) is 5.57 Å². The molecular weight excluding hydrogens is 395 g/mol. The van der Waals surface area contributed by atoms with E-state index in [0.29, 0.717) is 32.7 Å². The number of para-hydroxylation sites is 1. The first-order valence-electron chi connectivity index (χ1n) is 8.52. The van der Waals surface area contributed by atoms with Gasteiger partial charge >= 0.3 is 5.97 Å². The van der Waals surface area contributed by atoms with Crippen LogP contribution in [0.15, 0.2) is 84.4 Å². The Morgan fingerprint density at radius 1 is 0.857 bits per heavy atom. The van der Waals surface area contributed by atoms with E-state index in [1.165, 1.54) is 0 Å². The molecule has 0 amide bonds. The lowest BCUT2D eigenvalue weighted by molar-refractivity contribution is -0.130. The molecule has 0 aromatic heterocycles. The van der Waals surface area contributed by atoms with Crippen LogP contribution < -0.4 is 4.74 Å². The Hall–Kier alpha value is -3.01. The molecule has 0 unspecified atom stereocenters. The van der Waals surface area contributed by atoms with Gasteiger partial charge in [-0.05, 0) is 66.2 Å². The second-order valence-electron chi connectivity index (χ2n) is 6.10. The Balaban J connectivity index is 1.55. The average Bonchev–Trinajstić information content (AvgIpc) is 3.06. The quantitative estimate of drug-likeness (QED) is 0.353. The normalized spacial score (nSPS) is 14.7.